The lowest BCUT2D eigenvalue weighted by Gasteiger charge is -2.38. The molecule has 3 heteroatoms. The predicted octanol–water partition coefficient (Wildman–Crippen LogP) is 3.93. The quantitative estimate of drug-likeness (QED) is 0.739. The van der Waals surface area contributed by atoms with Crippen LogP contribution in [0.15, 0.2) is 24.3 Å². The lowest BCUT2D eigenvalue weighted by molar-refractivity contribution is -0.923. The fourth-order valence-electron chi connectivity index (χ4n) is 3.71. The molecule has 1 heterocycles. The van der Waals surface area contributed by atoms with Gasteiger partial charge in [-0.1, -0.05) is 11.6 Å². The first-order valence-corrected chi connectivity index (χ1v) is 8.45. The van der Waals surface area contributed by atoms with Gasteiger partial charge in [0.25, 0.3) is 0 Å². The highest BCUT2D eigenvalue weighted by atomic mass is 35.5. The molecular weight excluding hydrogens is 268 g/mol. The summed E-state index contributed by atoms with van der Waals surface area (Å²) in [6.45, 7) is 15.9. The second-order valence-electron chi connectivity index (χ2n) is 6.16. The van der Waals surface area contributed by atoms with Crippen molar-refractivity contribution in [3.8, 4) is 0 Å². The molecule has 2 rings (SSSR count). The van der Waals surface area contributed by atoms with Gasteiger partial charge in [-0.15, -0.1) is 0 Å². The predicted molar refractivity (Wildman–Crippen MR) is 89.2 cm³/mol. The standard InChI is InChI=1S/C17H29ClN2/c1-4-19(5-2)12-7-13-20(6-3,15-14-19)17-10-8-16(18)9-11-17/h8-11H,4-7,12-15H2,1-3H3/q+2. The fraction of sp³-hybridized carbons (Fsp3) is 0.647. The molecule has 1 atom stereocenters. The van der Waals surface area contributed by atoms with E-state index in [1.165, 1.54) is 62.4 Å². The second kappa shape index (κ2) is 6.46. The summed E-state index contributed by atoms with van der Waals surface area (Å²) in [5.74, 6) is 0. The van der Waals surface area contributed by atoms with E-state index in [1.54, 1.807) is 0 Å². The molecule has 1 aromatic rings. The Hall–Kier alpha value is -0.570. The Balaban J connectivity index is 2.26. The molecule has 1 aliphatic heterocycles. The summed E-state index contributed by atoms with van der Waals surface area (Å²) in [4.78, 5) is 0. The van der Waals surface area contributed by atoms with E-state index in [2.05, 4.69) is 32.9 Å². The topological polar surface area (TPSA) is 0 Å². The van der Waals surface area contributed by atoms with Gasteiger partial charge >= 0.3 is 0 Å². The van der Waals surface area contributed by atoms with Gasteiger partial charge in [-0.3, -0.25) is 4.48 Å². The summed E-state index contributed by atoms with van der Waals surface area (Å²) in [6, 6.07) is 8.53. The van der Waals surface area contributed by atoms with Crippen molar-refractivity contribution in [1.29, 1.82) is 0 Å². The molecule has 1 aliphatic rings. The van der Waals surface area contributed by atoms with Crippen LogP contribution in [0.5, 0.6) is 0 Å². The van der Waals surface area contributed by atoms with Crippen molar-refractivity contribution < 1.29 is 4.48 Å². The average Bonchev–Trinajstić information content (AvgIpc) is 2.69. The molecule has 112 valence electrons. The van der Waals surface area contributed by atoms with Crippen LogP contribution in [0.1, 0.15) is 27.2 Å². The summed E-state index contributed by atoms with van der Waals surface area (Å²) in [5, 5.41) is 0.838. The van der Waals surface area contributed by atoms with Crippen LogP contribution >= 0.6 is 11.6 Å². The van der Waals surface area contributed by atoms with Gasteiger partial charge in [0, 0.05) is 23.6 Å². The third-order valence-electron chi connectivity index (χ3n) is 5.54. The largest absolute Gasteiger partial charge is 0.319 e. The molecule has 20 heavy (non-hydrogen) atoms. The fourth-order valence-corrected chi connectivity index (χ4v) is 3.83. The monoisotopic (exact) mass is 296 g/mol. The first-order valence-electron chi connectivity index (χ1n) is 8.07. The number of nitrogens with zero attached hydrogens (tertiary/aromatic N) is 2. The van der Waals surface area contributed by atoms with E-state index in [4.69, 9.17) is 11.6 Å². The molecule has 0 bridgehead atoms. The number of quaternary nitrogens is 2. The van der Waals surface area contributed by atoms with Crippen molar-refractivity contribution in [2.24, 2.45) is 0 Å². The Morgan fingerprint density at radius 1 is 0.850 bits per heavy atom. The molecule has 1 saturated heterocycles. The Kier molecular flexibility index (Phi) is 5.11. The number of hydrogen-bond acceptors (Lipinski definition) is 0. The second-order valence-corrected chi connectivity index (χ2v) is 6.60. The zero-order valence-electron chi connectivity index (χ0n) is 13.2. The number of halogens is 1. The molecule has 1 unspecified atom stereocenters. The molecular formula is C17H29ClN2+2. The lowest BCUT2D eigenvalue weighted by Crippen LogP contribution is -2.55. The number of hydrogen-bond donors (Lipinski definition) is 0. The third-order valence-corrected chi connectivity index (χ3v) is 5.79. The van der Waals surface area contributed by atoms with Gasteiger partial charge in [0.15, 0.2) is 0 Å². The smallest absolute Gasteiger partial charge is 0.133 e. The number of benzene rings is 1. The summed E-state index contributed by atoms with van der Waals surface area (Å²) in [5.41, 5.74) is 1.43. The minimum Gasteiger partial charge on any atom is -0.319 e. The van der Waals surface area contributed by atoms with E-state index < -0.39 is 0 Å². The average molecular weight is 297 g/mol. The van der Waals surface area contributed by atoms with Crippen LogP contribution in [-0.2, 0) is 0 Å². The van der Waals surface area contributed by atoms with Gasteiger partial charge in [-0.05, 0) is 32.9 Å². The van der Waals surface area contributed by atoms with Gasteiger partial charge < -0.3 is 4.48 Å². The van der Waals surface area contributed by atoms with Crippen LogP contribution in [0.4, 0.5) is 5.69 Å². The molecule has 0 radical (unpaired) electrons. The van der Waals surface area contributed by atoms with Crippen LogP contribution in [-0.4, -0.2) is 50.3 Å². The van der Waals surface area contributed by atoms with Gasteiger partial charge in [0.2, 0.25) is 0 Å². The van der Waals surface area contributed by atoms with Crippen LogP contribution in [0.2, 0.25) is 5.02 Å². The van der Waals surface area contributed by atoms with E-state index in [9.17, 15) is 0 Å². The molecule has 0 N–H and O–H groups in total. The molecule has 0 spiro atoms. The maximum atomic E-state index is 6.05. The highest BCUT2D eigenvalue weighted by molar-refractivity contribution is 6.30. The Labute approximate surface area is 129 Å². The first kappa shape index (κ1) is 15.8. The van der Waals surface area contributed by atoms with Crippen molar-refractivity contribution in [2.75, 3.05) is 45.8 Å². The molecule has 2 nitrogen and oxygen atoms in total. The van der Waals surface area contributed by atoms with E-state index in [-0.39, 0.29) is 0 Å². The van der Waals surface area contributed by atoms with Gasteiger partial charge in [0.1, 0.15) is 18.8 Å². The molecule has 0 aromatic heterocycles. The van der Waals surface area contributed by atoms with E-state index in [0.29, 0.717) is 0 Å². The van der Waals surface area contributed by atoms with E-state index >= 15 is 0 Å². The molecule has 1 aromatic carbocycles. The summed E-state index contributed by atoms with van der Waals surface area (Å²) >= 11 is 6.05. The van der Waals surface area contributed by atoms with Crippen molar-refractivity contribution in [3.05, 3.63) is 29.3 Å². The summed E-state index contributed by atoms with van der Waals surface area (Å²) in [6.07, 6.45) is 1.32. The maximum absolute atomic E-state index is 6.05. The van der Waals surface area contributed by atoms with Gasteiger partial charge in [0.05, 0.1) is 32.7 Å². The summed E-state index contributed by atoms with van der Waals surface area (Å²) in [7, 11) is 0. The normalized spacial score (nSPS) is 26.2. The minimum atomic E-state index is 0.838. The zero-order valence-corrected chi connectivity index (χ0v) is 14.0. The Morgan fingerprint density at radius 3 is 2.05 bits per heavy atom. The van der Waals surface area contributed by atoms with E-state index in [0.717, 1.165) is 9.51 Å². The SMILES string of the molecule is CC[N+]1(CC)CCC[N+](CC)(c2ccc(Cl)cc2)CC1. The van der Waals surface area contributed by atoms with Crippen molar-refractivity contribution in [3.63, 3.8) is 0 Å². The number of rotatable bonds is 4. The van der Waals surface area contributed by atoms with Crippen LogP contribution < -0.4 is 4.48 Å². The Bertz CT molecular complexity index is 425. The van der Waals surface area contributed by atoms with Crippen LogP contribution in [0, 0.1) is 0 Å². The summed E-state index contributed by atoms with van der Waals surface area (Å²) < 4.78 is 2.41. The van der Waals surface area contributed by atoms with Crippen molar-refractivity contribution >= 4 is 17.3 Å². The molecule has 0 aliphatic carbocycles. The molecule has 0 amide bonds. The van der Waals surface area contributed by atoms with Gasteiger partial charge in [-0.25, -0.2) is 0 Å². The van der Waals surface area contributed by atoms with Crippen LogP contribution in [0.25, 0.3) is 0 Å². The van der Waals surface area contributed by atoms with Crippen LogP contribution in [0.3, 0.4) is 0 Å². The maximum Gasteiger partial charge on any atom is 0.133 e. The first-order chi connectivity index (χ1) is 9.60. The van der Waals surface area contributed by atoms with E-state index in [1.807, 2.05) is 12.1 Å². The third kappa shape index (κ3) is 3.03. The van der Waals surface area contributed by atoms with Crippen molar-refractivity contribution in [2.45, 2.75) is 27.2 Å². The minimum absolute atomic E-state index is 0.838. The zero-order chi connectivity index (χ0) is 14.6. The number of likely N-dealkylation sites (N-methyl/N-ethyl adjacent to an activating group) is 2. The van der Waals surface area contributed by atoms with Crippen molar-refractivity contribution in [1.82, 2.24) is 4.48 Å². The van der Waals surface area contributed by atoms with Gasteiger partial charge in [-0.2, -0.15) is 0 Å². The lowest BCUT2D eigenvalue weighted by atomic mass is 10.2. The highest BCUT2D eigenvalue weighted by Gasteiger charge is 2.37. The molecule has 0 saturated carbocycles. The highest BCUT2D eigenvalue weighted by Crippen LogP contribution is 2.28. The molecule has 1 fully saturated rings. The Morgan fingerprint density at radius 2 is 1.50 bits per heavy atom.